The molecule has 1 atom stereocenters. The van der Waals surface area contributed by atoms with Gasteiger partial charge in [-0.15, -0.1) is 0 Å². The van der Waals surface area contributed by atoms with Crippen molar-refractivity contribution in [2.24, 2.45) is 5.92 Å². The molecule has 0 heterocycles. The Morgan fingerprint density at radius 3 is 2.80 bits per heavy atom. The molecule has 0 saturated carbocycles. The minimum Gasteiger partial charge on any atom is -0.512 e. The molecule has 0 radical (unpaired) electrons. The van der Waals surface area contributed by atoms with Crippen molar-refractivity contribution in [2.75, 3.05) is 6.61 Å². The summed E-state index contributed by atoms with van der Waals surface area (Å²) in [6.45, 7) is 2.04. The maximum Gasteiger partial charge on any atom is 0.0953 e. The van der Waals surface area contributed by atoms with Gasteiger partial charge in [-0.1, -0.05) is 13.0 Å². The first kappa shape index (κ1) is 7.35. The van der Waals surface area contributed by atoms with Gasteiger partial charge in [0, 0.05) is 5.92 Å². The molecule has 0 aliphatic heterocycles. The van der Waals surface area contributed by atoms with Crippen LogP contribution in [0.5, 0.6) is 0 Å². The van der Waals surface area contributed by atoms with Crippen molar-refractivity contribution in [1.29, 1.82) is 0 Å². The monoisotopic (exact) mass is 140 g/mol. The number of hydrogen-bond donors (Lipinski definition) is 2. The van der Waals surface area contributed by atoms with Crippen LogP contribution in [0.3, 0.4) is 0 Å². The molecule has 1 unspecified atom stereocenters. The zero-order chi connectivity index (χ0) is 7.56. The van der Waals surface area contributed by atoms with Crippen LogP contribution in [0.1, 0.15) is 13.3 Å². The van der Waals surface area contributed by atoms with Crippen molar-refractivity contribution >= 4 is 0 Å². The Bertz CT molecular complexity index is 180. The smallest absolute Gasteiger partial charge is 0.0953 e. The minimum atomic E-state index is 0.105. The van der Waals surface area contributed by atoms with E-state index in [4.69, 9.17) is 10.2 Å². The van der Waals surface area contributed by atoms with E-state index in [1.807, 2.05) is 6.92 Å². The highest BCUT2D eigenvalue weighted by Gasteiger charge is 2.12. The highest BCUT2D eigenvalue weighted by Crippen LogP contribution is 2.21. The average Bonchev–Trinajstić information content (AvgIpc) is 1.95. The van der Waals surface area contributed by atoms with Crippen LogP contribution < -0.4 is 0 Å². The van der Waals surface area contributed by atoms with E-state index < -0.39 is 0 Å². The quantitative estimate of drug-likeness (QED) is 0.577. The summed E-state index contributed by atoms with van der Waals surface area (Å²) in [7, 11) is 0. The molecule has 1 aliphatic carbocycles. The molecule has 2 heteroatoms. The molecule has 0 aromatic carbocycles. The van der Waals surface area contributed by atoms with Crippen LogP contribution in [0.4, 0.5) is 0 Å². The van der Waals surface area contributed by atoms with Gasteiger partial charge in [-0.3, -0.25) is 0 Å². The first-order chi connectivity index (χ1) is 4.74. The molecule has 2 nitrogen and oxygen atoms in total. The first-order valence-corrected chi connectivity index (χ1v) is 3.43. The second kappa shape index (κ2) is 2.88. The maximum absolute atomic E-state index is 9.13. The molecule has 0 spiro atoms. The van der Waals surface area contributed by atoms with Crippen LogP contribution >= 0.6 is 0 Å². The van der Waals surface area contributed by atoms with E-state index >= 15 is 0 Å². The summed E-state index contributed by atoms with van der Waals surface area (Å²) in [5, 5.41) is 17.8. The molecule has 1 rings (SSSR count). The van der Waals surface area contributed by atoms with Crippen molar-refractivity contribution < 1.29 is 10.2 Å². The van der Waals surface area contributed by atoms with Gasteiger partial charge < -0.3 is 10.2 Å². The number of aliphatic hydroxyl groups excluding tert-OH is 2. The second-order valence-electron chi connectivity index (χ2n) is 2.68. The summed E-state index contributed by atoms with van der Waals surface area (Å²) in [5.74, 6) is 0.587. The molecule has 0 aromatic rings. The largest absolute Gasteiger partial charge is 0.512 e. The third-order valence-corrected chi connectivity index (χ3v) is 1.77. The predicted octanol–water partition coefficient (Wildman–Crippen LogP) is 1.39. The summed E-state index contributed by atoms with van der Waals surface area (Å²) < 4.78 is 0. The van der Waals surface area contributed by atoms with E-state index in [2.05, 4.69) is 0 Å². The maximum atomic E-state index is 9.13. The van der Waals surface area contributed by atoms with E-state index in [0.717, 1.165) is 12.0 Å². The molecular weight excluding hydrogens is 128 g/mol. The highest BCUT2D eigenvalue weighted by molar-refractivity contribution is 5.22. The topological polar surface area (TPSA) is 40.5 Å². The van der Waals surface area contributed by atoms with Crippen LogP contribution in [0.2, 0.25) is 0 Å². The van der Waals surface area contributed by atoms with Crippen LogP contribution in [-0.4, -0.2) is 16.8 Å². The van der Waals surface area contributed by atoms with Crippen LogP contribution in [0.25, 0.3) is 0 Å². The Morgan fingerprint density at radius 2 is 2.30 bits per heavy atom. The van der Waals surface area contributed by atoms with Gasteiger partial charge in [0.2, 0.25) is 0 Å². The summed E-state index contributed by atoms with van der Waals surface area (Å²) in [5.41, 5.74) is 0.991. The molecule has 0 fully saturated rings. The molecule has 10 heavy (non-hydrogen) atoms. The van der Waals surface area contributed by atoms with Crippen molar-refractivity contribution in [3.63, 3.8) is 0 Å². The number of aliphatic hydroxyl groups is 2. The molecule has 0 saturated heterocycles. The lowest BCUT2D eigenvalue weighted by Crippen LogP contribution is -2.06. The summed E-state index contributed by atoms with van der Waals surface area (Å²) >= 11 is 0. The van der Waals surface area contributed by atoms with Gasteiger partial charge in [-0.25, -0.2) is 0 Å². The van der Waals surface area contributed by atoms with E-state index in [0.29, 0.717) is 5.76 Å². The predicted molar refractivity (Wildman–Crippen MR) is 39.7 cm³/mol. The average molecular weight is 140 g/mol. The van der Waals surface area contributed by atoms with Gasteiger partial charge >= 0.3 is 0 Å². The van der Waals surface area contributed by atoms with E-state index in [9.17, 15) is 0 Å². The van der Waals surface area contributed by atoms with Crippen LogP contribution in [0, 0.1) is 5.92 Å². The zero-order valence-corrected chi connectivity index (χ0v) is 6.04. The fourth-order valence-electron chi connectivity index (χ4n) is 1.05. The standard InChI is InChI=1S/C8H12O2/c1-6-4-7(5-9)2-3-8(6)10/h2-3,6,9-10H,4-5H2,1H3. The third-order valence-electron chi connectivity index (χ3n) is 1.77. The van der Waals surface area contributed by atoms with Gasteiger partial charge in [0.1, 0.15) is 0 Å². The number of hydrogen-bond acceptors (Lipinski definition) is 2. The van der Waals surface area contributed by atoms with Crippen LogP contribution in [-0.2, 0) is 0 Å². The van der Waals surface area contributed by atoms with Gasteiger partial charge in [-0.2, -0.15) is 0 Å². The summed E-state index contributed by atoms with van der Waals surface area (Å²) in [4.78, 5) is 0. The Kier molecular flexibility index (Phi) is 2.12. The Hall–Kier alpha value is -0.760. The Labute approximate surface area is 60.5 Å². The minimum absolute atomic E-state index is 0.105. The lowest BCUT2D eigenvalue weighted by atomic mass is 9.95. The van der Waals surface area contributed by atoms with Gasteiger partial charge in [0.25, 0.3) is 0 Å². The van der Waals surface area contributed by atoms with Crippen molar-refractivity contribution in [3.05, 3.63) is 23.5 Å². The van der Waals surface area contributed by atoms with Gasteiger partial charge in [0.15, 0.2) is 0 Å². The fraction of sp³-hybridized carbons (Fsp3) is 0.500. The zero-order valence-electron chi connectivity index (χ0n) is 6.04. The Balaban J connectivity index is 2.68. The molecule has 0 amide bonds. The van der Waals surface area contributed by atoms with Crippen molar-refractivity contribution in [2.45, 2.75) is 13.3 Å². The molecular formula is C8H12O2. The lowest BCUT2D eigenvalue weighted by Gasteiger charge is -2.15. The molecule has 0 bridgehead atoms. The molecule has 1 aliphatic rings. The second-order valence-corrected chi connectivity index (χ2v) is 2.68. The highest BCUT2D eigenvalue weighted by atomic mass is 16.3. The molecule has 56 valence electrons. The van der Waals surface area contributed by atoms with E-state index in [1.54, 1.807) is 12.2 Å². The van der Waals surface area contributed by atoms with Crippen molar-refractivity contribution in [1.82, 2.24) is 0 Å². The van der Waals surface area contributed by atoms with Crippen molar-refractivity contribution in [3.8, 4) is 0 Å². The van der Waals surface area contributed by atoms with Gasteiger partial charge in [-0.05, 0) is 18.1 Å². The van der Waals surface area contributed by atoms with E-state index in [1.165, 1.54) is 0 Å². The normalized spacial score (nSPS) is 25.6. The summed E-state index contributed by atoms with van der Waals surface area (Å²) in [6, 6.07) is 0. The number of rotatable bonds is 1. The number of allylic oxidation sites excluding steroid dienone is 3. The van der Waals surface area contributed by atoms with E-state index in [-0.39, 0.29) is 12.5 Å². The Morgan fingerprint density at radius 1 is 1.60 bits per heavy atom. The van der Waals surface area contributed by atoms with Gasteiger partial charge in [0.05, 0.1) is 12.4 Å². The molecule has 0 aromatic heterocycles. The fourth-order valence-corrected chi connectivity index (χ4v) is 1.05. The summed E-state index contributed by atoms with van der Waals surface area (Å²) in [6.07, 6.45) is 4.20. The van der Waals surface area contributed by atoms with Crippen LogP contribution in [0.15, 0.2) is 23.5 Å². The third kappa shape index (κ3) is 1.39. The molecule has 2 N–H and O–H groups in total. The lowest BCUT2D eigenvalue weighted by molar-refractivity contribution is 0.301. The SMILES string of the molecule is CC1CC(CO)=CC=C1O. The first-order valence-electron chi connectivity index (χ1n) is 3.43.